The van der Waals surface area contributed by atoms with E-state index in [4.69, 9.17) is 9.47 Å². The third-order valence-electron chi connectivity index (χ3n) is 3.89. The molecule has 0 N–H and O–H groups in total. The van der Waals surface area contributed by atoms with Crippen molar-refractivity contribution in [3.05, 3.63) is 29.6 Å². The molecule has 4 heteroatoms. The molecule has 1 saturated carbocycles. The number of hydrogen-bond acceptors (Lipinski definition) is 3. The number of methoxy groups -OCH3 is 1. The summed E-state index contributed by atoms with van der Waals surface area (Å²) >= 11 is 0. The van der Waals surface area contributed by atoms with Crippen molar-refractivity contribution in [1.29, 1.82) is 0 Å². The van der Waals surface area contributed by atoms with Gasteiger partial charge in [0.1, 0.15) is 6.61 Å². The predicted molar refractivity (Wildman–Crippen MR) is 74.7 cm³/mol. The summed E-state index contributed by atoms with van der Waals surface area (Å²) in [7, 11) is 1.40. The lowest BCUT2D eigenvalue weighted by atomic mass is 9.89. The first kappa shape index (κ1) is 15.0. The van der Waals surface area contributed by atoms with Crippen molar-refractivity contribution in [1.82, 2.24) is 0 Å². The van der Waals surface area contributed by atoms with Gasteiger partial charge >= 0.3 is 0 Å². The zero-order valence-corrected chi connectivity index (χ0v) is 12.0. The van der Waals surface area contributed by atoms with Gasteiger partial charge in [0.15, 0.2) is 17.3 Å². The summed E-state index contributed by atoms with van der Waals surface area (Å²) < 4.78 is 24.0. The van der Waals surface area contributed by atoms with Crippen molar-refractivity contribution in [2.45, 2.75) is 38.7 Å². The van der Waals surface area contributed by atoms with E-state index >= 15 is 0 Å². The molecule has 1 fully saturated rings. The number of benzene rings is 1. The Labute approximate surface area is 119 Å². The second kappa shape index (κ2) is 6.84. The lowest BCUT2D eigenvalue weighted by molar-refractivity contribution is 0.0217. The van der Waals surface area contributed by atoms with Gasteiger partial charge in [-0.3, -0.25) is 4.79 Å². The Bertz CT molecular complexity index is 465. The largest absolute Gasteiger partial charge is 0.494 e. The maximum Gasteiger partial charge on any atom is 0.188 e. The van der Waals surface area contributed by atoms with Crippen molar-refractivity contribution >= 4 is 5.78 Å². The Morgan fingerprint density at radius 3 is 2.60 bits per heavy atom. The molecule has 0 amide bonds. The SMILES string of the molecule is COc1ccc(C(=O)COC2CCC(C)CC2)cc1F. The molecule has 1 aliphatic rings. The fraction of sp³-hybridized carbons (Fsp3) is 0.562. The molecule has 1 aromatic carbocycles. The molecule has 0 heterocycles. The number of hydrogen-bond donors (Lipinski definition) is 0. The number of Topliss-reactive ketones (excluding diaryl/α,β-unsaturated/α-hetero) is 1. The minimum atomic E-state index is -0.523. The van der Waals surface area contributed by atoms with Crippen LogP contribution in [0.4, 0.5) is 4.39 Å². The van der Waals surface area contributed by atoms with E-state index in [-0.39, 0.29) is 24.2 Å². The van der Waals surface area contributed by atoms with Crippen molar-refractivity contribution in [2.24, 2.45) is 5.92 Å². The molecule has 0 aromatic heterocycles. The van der Waals surface area contributed by atoms with Crippen LogP contribution in [-0.4, -0.2) is 25.6 Å². The highest BCUT2D eigenvalue weighted by atomic mass is 19.1. The van der Waals surface area contributed by atoms with Gasteiger partial charge in [0.05, 0.1) is 13.2 Å². The van der Waals surface area contributed by atoms with E-state index < -0.39 is 5.82 Å². The summed E-state index contributed by atoms with van der Waals surface area (Å²) in [5.41, 5.74) is 0.326. The fourth-order valence-electron chi connectivity index (χ4n) is 2.51. The van der Waals surface area contributed by atoms with E-state index in [9.17, 15) is 9.18 Å². The summed E-state index contributed by atoms with van der Waals surface area (Å²) in [4.78, 5) is 12.0. The van der Waals surface area contributed by atoms with Crippen molar-refractivity contribution in [3.8, 4) is 5.75 Å². The average Bonchev–Trinajstić information content (AvgIpc) is 2.46. The predicted octanol–water partition coefficient (Wildman–Crippen LogP) is 3.61. The topological polar surface area (TPSA) is 35.5 Å². The quantitative estimate of drug-likeness (QED) is 0.773. The highest BCUT2D eigenvalue weighted by molar-refractivity contribution is 5.97. The van der Waals surface area contributed by atoms with Gasteiger partial charge in [-0.05, 0) is 49.8 Å². The van der Waals surface area contributed by atoms with Gasteiger partial charge < -0.3 is 9.47 Å². The highest BCUT2D eigenvalue weighted by Gasteiger charge is 2.20. The van der Waals surface area contributed by atoms with Crippen LogP contribution in [-0.2, 0) is 4.74 Å². The third-order valence-corrected chi connectivity index (χ3v) is 3.89. The molecule has 3 nitrogen and oxygen atoms in total. The smallest absolute Gasteiger partial charge is 0.188 e. The zero-order valence-electron chi connectivity index (χ0n) is 12.0. The molecule has 0 saturated heterocycles. The van der Waals surface area contributed by atoms with E-state index in [0.29, 0.717) is 5.56 Å². The maximum atomic E-state index is 13.5. The van der Waals surface area contributed by atoms with E-state index in [1.54, 1.807) is 6.07 Å². The molecule has 0 unspecified atom stereocenters. The molecule has 20 heavy (non-hydrogen) atoms. The van der Waals surface area contributed by atoms with Crippen LogP contribution in [0.3, 0.4) is 0 Å². The Hall–Kier alpha value is -1.42. The molecular weight excluding hydrogens is 259 g/mol. The monoisotopic (exact) mass is 280 g/mol. The van der Waals surface area contributed by atoms with Crippen LogP contribution in [0.25, 0.3) is 0 Å². The van der Waals surface area contributed by atoms with Gasteiger partial charge in [-0.2, -0.15) is 0 Å². The second-order valence-electron chi connectivity index (χ2n) is 5.47. The Morgan fingerprint density at radius 1 is 1.30 bits per heavy atom. The fourth-order valence-corrected chi connectivity index (χ4v) is 2.51. The lowest BCUT2D eigenvalue weighted by Gasteiger charge is -2.25. The van der Waals surface area contributed by atoms with Crippen LogP contribution in [0.5, 0.6) is 5.75 Å². The minimum Gasteiger partial charge on any atom is -0.494 e. The third kappa shape index (κ3) is 3.79. The first-order valence-corrected chi connectivity index (χ1v) is 7.08. The number of carbonyl (C=O) groups is 1. The first-order valence-electron chi connectivity index (χ1n) is 7.08. The van der Waals surface area contributed by atoms with Gasteiger partial charge in [-0.15, -0.1) is 0 Å². The van der Waals surface area contributed by atoms with Crippen LogP contribution < -0.4 is 4.74 Å². The van der Waals surface area contributed by atoms with E-state index in [0.717, 1.165) is 31.6 Å². The van der Waals surface area contributed by atoms with Crippen LogP contribution in [0, 0.1) is 11.7 Å². The van der Waals surface area contributed by atoms with E-state index in [2.05, 4.69) is 6.92 Å². The van der Waals surface area contributed by atoms with Crippen molar-refractivity contribution in [2.75, 3.05) is 13.7 Å². The van der Waals surface area contributed by atoms with Crippen LogP contribution >= 0.6 is 0 Å². The molecule has 0 bridgehead atoms. The summed E-state index contributed by atoms with van der Waals surface area (Å²) in [6.45, 7) is 2.26. The van der Waals surface area contributed by atoms with Gasteiger partial charge in [-0.1, -0.05) is 6.92 Å². The molecule has 2 rings (SSSR count). The molecule has 0 radical (unpaired) electrons. The van der Waals surface area contributed by atoms with Crippen molar-refractivity contribution in [3.63, 3.8) is 0 Å². The summed E-state index contributed by atoms with van der Waals surface area (Å²) in [6.07, 6.45) is 4.47. The highest BCUT2D eigenvalue weighted by Crippen LogP contribution is 2.25. The molecule has 1 aromatic rings. The number of ether oxygens (including phenoxy) is 2. The summed E-state index contributed by atoms with van der Waals surface area (Å²) in [6, 6.07) is 4.23. The Balaban J connectivity index is 1.87. The molecule has 110 valence electrons. The van der Waals surface area contributed by atoms with E-state index in [1.807, 2.05) is 0 Å². The minimum absolute atomic E-state index is 0.0187. The lowest BCUT2D eigenvalue weighted by Crippen LogP contribution is -2.23. The molecule has 0 spiro atoms. The second-order valence-corrected chi connectivity index (χ2v) is 5.47. The number of rotatable bonds is 5. The summed E-state index contributed by atoms with van der Waals surface area (Å²) in [5, 5.41) is 0. The van der Waals surface area contributed by atoms with Gasteiger partial charge in [0.25, 0.3) is 0 Å². The van der Waals surface area contributed by atoms with Crippen LogP contribution in [0.2, 0.25) is 0 Å². The number of ketones is 1. The Kier molecular flexibility index (Phi) is 5.12. The number of carbonyl (C=O) groups excluding carboxylic acids is 1. The van der Waals surface area contributed by atoms with E-state index in [1.165, 1.54) is 19.2 Å². The molecule has 0 atom stereocenters. The molecule has 0 aliphatic heterocycles. The molecular formula is C16H21FO3. The molecule has 1 aliphatic carbocycles. The zero-order chi connectivity index (χ0) is 14.5. The van der Waals surface area contributed by atoms with Gasteiger partial charge in [-0.25, -0.2) is 4.39 Å². The Morgan fingerprint density at radius 2 is 2.00 bits per heavy atom. The normalized spacial score (nSPS) is 22.6. The van der Waals surface area contributed by atoms with Crippen molar-refractivity contribution < 1.29 is 18.7 Å². The standard InChI is InChI=1S/C16H21FO3/c1-11-3-6-13(7-4-11)20-10-15(18)12-5-8-16(19-2)14(17)9-12/h5,8-9,11,13H,3-4,6-7,10H2,1-2H3. The average molecular weight is 280 g/mol. The van der Waals surface area contributed by atoms with Crippen LogP contribution in [0.1, 0.15) is 43.0 Å². The first-order chi connectivity index (χ1) is 9.60. The van der Waals surface area contributed by atoms with Gasteiger partial charge in [0, 0.05) is 5.56 Å². The summed E-state index contributed by atoms with van der Waals surface area (Å²) in [5.74, 6) is 0.181. The maximum absolute atomic E-state index is 13.5. The van der Waals surface area contributed by atoms with Crippen LogP contribution in [0.15, 0.2) is 18.2 Å². The van der Waals surface area contributed by atoms with Gasteiger partial charge in [0.2, 0.25) is 0 Å². The number of halogens is 1.